The van der Waals surface area contributed by atoms with Gasteiger partial charge in [-0.2, -0.15) is 0 Å². The van der Waals surface area contributed by atoms with E-state index in [1.54, 1.807) is 0 Å². The van der Waals surface area contributed by atoms with Crippen LogP contribution in [-0.2, 0) is 14.4 Å². The Morgan fingerprint density at radius 1 is 1.13 bits per heavy atom. The molecule has 15 heavy (non-hydrogen) atoms. The number of carboxylic acids is 2. The maximum atomic E-state index is 10.9. The van der Waals surface area contributed by atoms with Crippen molar-refractivity contribution in [3.8, 4) is 0 Å². The van der Waals surface area contributed by atoms with E-state index in [0.29, 0.717) is 0 Å². The Bertz CT molecular complexity index is 277. The highest BCUT2D eigenvalue weighted by atomic mass is 16.4. The average molecular weight is 221 g/mol. The van der Waals surface area contributed by atoms with Crippen LogP contribution in [0.1, 0.15) is 12.8 Å². The molecule has 0 aliphatic heterocycles. The third kappa shape index (κ3) is 4.38. The van der Waals surface area contributed by atoms with Gasteiger partial charge in [0.2, 0.25) is 5.91 Å². The standard InChI is InChI=1S/C7H11NO7/c9-3-8-4(10)1-7(15,6(13)14)2-5(11)12/h9,15H,1-3H2,(H,8,10)(H,11,12)(H,13,14). The minimum absolute atomic E-state index is 0.721. The normalized spacial score (nSPS) is 14.0. The van der Waals surface area contributed by atoms with E-state index in [2.05, 4.69) is 0 Å². The van der Waals surface area contributed by atoms with Crippen LogP contribution in [0.5, 0.6) is 0 Å². The molecule has 0 saturated heterocycles. The third-order valence-electron chi connectivity index (χ3n) is 1.57. The largest absolute Gasteiger partial charge is 0.481 e. The summed E-state index contributed by atoms with van der Waals surface area (Å²) in [6.07, 6.45) is -2.03. The highest BCUT2D eigenvalue weighted by molar-refractivity contribution is 5.90. The fourth-order valence-electron chi connectivity index (χ4n) is 0.880. The number of nitrogens with one attached hydrogen (secondary N) is 1. The third-order valence-corrected chi connectivity index (χ3v) is 1.57. The van der Waals surface area contributed by atoms with Crippen molar-refractivity contribution in [2.75, 3.05) is 6.73 Å². The van der Waals surface area contributed by atoms with Crippen molar-refractivity contribution in [1.29, 1.82) is 0 Å². The number of hydrogen-bond acceptors (Lipinski definition) is 5. The van der Waals surface area contributed by atoms with Crippen molar-refractivity contribution < 1.29 is 34.8 Å². The number of rotatable bonds is 6. The van der Waals surface area contributed by atoms with Gasteiger partial charge < -0.3 is 25.7 Å². The average Bonchev–Trinajstić information content (AvgIpc) is 2.01. The van der Waals surface area contributed by atoms with E-state index in [4.69, 9.17) is 15.3 Å². The Balaban J connectivity index is 4.58. The van der Waals surface area contributed by atoms with Gasteiger partial charge in [-0.05, 0) is 0 Å². The van der Waals surface area contributed by atoms with E-state index in [1.807, 2.05) is 5.32 Å². The van der Waals surface area contributed by atoms with Crippen LogP contribution in [0, 0.1) is 0 Å². The summed E-state index contributed by atoms with van der Waals surface area (Å²) in [6.45, 7) is -0.721. The molecule has 0 heterocycles. The zero-order chi connectivity index (χ0) is 12.1. The second-order valence-electron chi connectivity index (χ2n) is 2.84. The maximum absolute atomic E-state index is 10.9. The number of aliphatic hydroxyl groups is 2. The van der Waals surface area contributed by atoms with E-state index in [9.17, 15) is 19.5 Å². The summed E-state index contributed by atoms with van der Waals surface area (Å²) in [5.41, 5.74) is -2.66. The first-order chi connectivity index (χ1) is 6.81. The van der Waals surface area contributed by atoms with Gasteiger partial charge in [-0.3, -0.25) is 9.59 Å². The second-order valence-corrected chi connectivity index (χ2v) is 2.84. The summed E-state index contributed by atoms with van der Waals surface area (Å²) in [5.74, 6) is -4.31. The van der Waals surface area contributed by atoms with Crippen molar-refractivity contribution in [3.63, 3.8) is 0 Å². The van der Waals surface area contributed by atoms with Crippen LogP contribution in [0.2, 0.25) is 0 Å². The van der Waals surface area contributed by atoms with Gasteiger partial charge >= 0.3 is 11.9 Å². The molecule has 0 aromatic rings. The van der Waals surface area contributed by atoms with Gasteiger partial charge in [-0.15, -0.1) is 0 Å². The fraction of sp³-hybridized carbons (Fsp3) is 0.571. The molecule has 0 radical (unpaired) electrons. The number of carbonyl (C=O) groups is 3. The van der Waals surface area contributed by atoms with Gasteiger partial charge in [0.15, 0.2) is 5.60 Å². The molecule has 0 aromatic carbocycles. The molecular formula is C7H11NO7. The van der Waals surface area contributed by atoms with Gasteiger partial charge in [0, 0.05) is 0 Å². The monoisotopic (exact) mass is 221 g/mol. The fourth-order valence-corrected chi connectivity index (χ4v) is 0.880. The topological polar surface area (TPSA) is 144 Å². The summed E-state index contributed by atoms with van der Waals surface area (Å²) in [6, 6.07) is 0. The summed E-state index contributed by atoms with van der Waals surface area (Å²) >= 11 is 0. The maximum Gasteiger partial charge on any atom is 0.336 e. The lowest BCUT2D eigenvalue weighted by Gasteiger charge is -2.20. The van der Waals surface area contributed by atoms with E-state index >= 15 is 0 Å². The Hall–Kier alpha value is -1.67. The lowest BCUT2D eigenvalue weighted by molar-refractivity contribution is -0.167. The zero-order valence-electron chi connectivity index (χ0n) is 7.63. The summed E-state index contributed by atoms with van der Waals surface area (Å²) < 4.78 is 0. The van der Waals surface area contributed by atoms with Crippen molar-refractivity contribution in [2.45, 2.75) is 18.4 Å². The number of carbonyl (C=O) groups excluding carboxylic acids is 1. The minimum Gasteiger partial charge on any atom is -0.481 e. The predicted octanol–water partition coefficient (Wildman–Crippen LogP) is -2.27. The van der Waals surface area contributed by atoms with E-state index in [-0.39, 0.29) is 0 Å². The van der Waals surface area contributed by atoms with Gasteiger partial charge in [0.1, 0.15) is 6.73 Å². The number of aliphatic hydroxyl groups excluding tert-OH is 1. The van der Waals surface area contributed by atoms with E-state index in [0.717, 1.165) is 0 Å². The first-order valence-corrected chi connectivity index (χ1v) is 3.87. The minimum atomic E-state index is -2.66. The Morgan fingerprint density at radius 2 is 1.67 bits per heavy atom. The predicted molar refractivity (Wildman–Crippen MR) is 44.7 cm³/mol. The molecule has 1 amide bonds. The molecule has 0 aliphatic carbocycles. The zero-order valence-corrected chi connectivity index (χ0v) is 7.63. The molecule has 0 fully saturated rings. The molecular weight excluding hydrogens is 210 g/mol. The van der Waals surface area contributed by atoms with Crippen LogP contribution < -0.4 is 5.32 Å². The molecule has 86 valence electrons. The first kappa shape index (κ1) is 13.3. The van der Waals surface area contributed by atoms with Gasteiger partial charge in [-0.25, -0.2) is 4.79 Å². The molecule has 0 saturated carbocycles. The lowest BCUT2D eigenvalue weighted by atomic mass is 9.95. The van der Waals surface area contributed by atoms with Crippen LogP contribution in [0.25, 0.3) is 0 Å². The van der Waals surface area contributed by atoms with Gasteiger partial charge in [-0.1, -0.05) is 0 Å². The molecule has 0 rings (SSSR count). The second kappa shape index (κ2) is 5.27. The van der Waals surface area contributed by atoms with E-state index < -0.39 is 43.0 Å². The SMILES string of the molecule is O=C(O)CC(O)(CC(=O)NCO)C(=O)O. The molecule has 0 bridgehead atoms. The molecule has 8 heteroatoms. The smallest absolute Gasteiger partial charge is 0.336 e. The summed E-state index contributed by atoms with van der Waals surface area (Å²) in [5, 5.41) is 36.3. The van der Waals surface area contributed by atoms with Gasteiger partial charge in [0.05, 0.1) is 12.8 Å². The number of amides is 1. The van der Waals surface area contributed by atoms with Crippen molar-refractivity contribution in [1.82, 2.24) is 5.32 Å². The number of aliphatic carboxylic acids is 2. The van der Waals surface area contributed by atoms with Crippen molar-refractivity contribution in [3.05, 3.63) is 0 Å². The van der Waals surface area contributed by atoms with Crippen molar-refractivity contribution in [2.24, 2.45) is 0 Å². The molecule has 5 N–H and O–H groups in total. The molecule has 1 atom stereocenters. The van der Waals surface area contributed by atoms with E-state index in [1.165, 1.54) is 0 Å². The molecule has 0 spiro atoms. The number of hydrogen-bond donors (Lipinski definition) is 5. The Labute approximate surface area is 84.1 Å². The number of carboxylic acid groups (broad SMARTS) is 2. The highest BCUT2D eigenvalue weighted by Gasteiger charge is 2.40. The van der Waals surface area contributed by atoms with Crippen LogP contribution in [0.3, 0.4) is 0 Å². The molecule has 0 aromatic heterocycles. The first-order valence-electron chi connectivity index (χ1n) is 3.87. The van der Waals surface area contributed by atoms with Crippen LogP contribution in [0.15, 0.2) is 0 Å². The van der Waals surface area contributed by atoms with Crippen LogP contribution >= 0.6 is 0 Å². The molecule has 0 aliphatic rings. The quantitative estimate of drug-likeness (QED) is 0.318. The van der Waals surface area contributed by atoms with Gasteiger partial charge in [0.25, 0.3) is 0 Å². The summed E-state index contributed by atoms with van der Waals surface area (Å²) in [4.78, 5) is 31.7. The van der Waals surface area contributed by atoms with Crippen LogP contribution in [-0.4, -0.2) is 50.6 Å². The lowest BCUT2D eigenvalue weighted by Crippen LogP contribution is -2.45. The summed E-state index contributed by atoms with van der Waals surface area (Å²) in [7, 11) is 0. The van der Waals surface area contributed by atoms with Crippen molar-refractivity contribution >= 4 is 17.8 Å². The molecule has 8 nitrogen and oxygen atoms in total. The Kier molecular flexibility index (Phi) is 4.68. The Morgan fingerprint density at radius 3 is 2.00 bits per heavy atom. The highest BCUT2D eigenvalue weighted by Crippen LogP contribution is 2.15. The molecule has 1 unspecified atom stereocenters. The van der Waals surface area contributed by atoms with Crippen LogP contribution in [0.4, 0.5) is 0 Å².